The van der Waals surface area contributed by atoms with E-state index in [0.29, 0.717) is 34.0 Å². The number of benzene rings is 1. The van der Waals surface area contributed by atoms with Crippen LogP contribution in [0.4, 0.5) is 5.00 Å². The summed E-state index contributed by atoms with van der Waals surface area (Å²) < 4.78 is 10.5. The lowest BCUT2D eigenvalue weighted by Crippen LogP contribution is -3.03. The number of carbonyl (C=O) groups excluding carboxylic acids is 2. The molecule has 1 aliphatic heterocycles. The summed E-state index contributed by atoms with van der Waals surface area (Å²) in [5.41, 5.74) is 7.13. The van der Waals surface area contributed by atoms with Crippen LogP contribution in [0.1, 0.15) is 58.9 Å². The van der Waals surface area contributed by atoms with Crippen molar-refractivity contribution >= 4 is 28.2 Å². The number of hydrogen-bond acceptors (Lipinski definition) is 5. The molecule has 0 unspecified atom stereocenters. The number of ether oxygens (including phenoxy) is 2. The molecule has 0 spiro atoms. The molecule has 3 rings (SSSR count). The van der Waals surface area contributed by atoms with Gasteiger partial charge in [-0.2, -0.15) is 0 Å². The summed E-state index contributed by atoms with van der Waals surface area (Å²) >= 11 is 1.41. The number of carbonyl (C=O) groups is 2. The molecule has 2 amide bonds. The Balaban J connectivity index is 2.04. The standard InChI is InChI=1S/C21H27N3O4S/c1-20(2)10-14-15(17(22)25)19(29-16(14)21(3,4)24-20)23-18(26)11-7-12(27-5)9-13(8-11)28-6/h7-9,24H,10H2,1-6H3,(H2,22,25)(H,23,26)/p+1. The SMILES string of the molecule is COc1cc(OC)cc(C(=O)Nc2sc3c(c2C(N)=O)CC(C)(C)[NH2+]C3(C)C)c1. The number of fused-ring (bicyclic) bond motifs is 1. The molecule has 0 fully saturated rings. The molecule has 1 aliphatic rings. The lowest BCUT2D eigenvalue weighted by Gasteiger charge is -2.38. The first-order valence-electron chi connectivity index (χ1n) is 9.35. The summed E-state index contributed by atoms with van der Waals surface area (Å²) in [6.07, 6.45) is 0.698. The maximum absolute atomic E-state index is 13.0. The smallest absolute Gasteiger partial charge is 0.256 e. The third-order valence-corrected chi connectivity index (χ3v) is 6.55. The van der Waals surface area contributed by atoms with Crippen LogP contribution in [0, 0.1) is 0 Å². The second-order valence-corrected chi connectivity index (χ2v) is 9.59. The van der Waals surface area contributed by atoms with Crippen molar-refractivity contribution in [1.29, 1.82) is 0 Å². The molecule has 5 N–H and O–H groups in total. The molecule has 1 aromatic carbocycles. The van der Waals surface area contributed by atoms with E-state index in [1.807, 2.05) is 0 Å². The van der Waals surface area contributed by atoms with Crippen LogP contribution >= 0.6 is 11.3 Å². The highest BCUT2D eigenvalue weighted by molar-refractivity contribution is 7.17. The van der Waals surface area contributed by atoms with E-state index in [-0.39, 0.29) is 17.0 Å². The summed E-state index contributed by atoms with van der Waals surface area (Å²) in [4.78, 5) is 26.3. The number of methoxy groups -OCH3 is 2. The van der Waals surface area contributed by atoms with E-state index < -0.39 is 5.91 Å². The van der Waals surface area contributed by atoms with Gasteiger partial charge in [0.2, 0.25) is 0 Å². The molecule has 156 valence electrons. The Morgan fingerprint density at radius 3 is 2.21 bits per heavy atom. The molecule has 0 saturated carbocycles. The van der Waals surface area contributed by atoms with Crippen LogP contribution in [0.3, 0.4) is 0 Å². The largest absolute Gasteiger partial charge is 0.497 e. The molecule has 7 nitrogen and oxygen atoms in total. The quantitative estimate of drug-likeness (QED) is 0.692. The minimum Gasteiger partial charge on any atom is -0.497 e. The molecular weight excluding hydrogens is 390 g/mol. The molecule has 2 heterocycles. The van der Waals surface area contributed by atoms with Crippen LogP contribution in [0.15, 0.2) is 18.2 Å². The van der Waals surface area contributed by atoms with Crippen LogP contribution in [0.5, 0.6) is 11.5 Å². The molecule has 29 heavy (non-hydrogen) atoms. The van der Waals surface area contributed by atoms with Crippen molar-refractivity contribution in [2.75, 3.05) is 19.5 Å². The van der Waals surface area contributed by atoms with Crippen molar-refractivity contribution in [2.24, 2.45) is 5.73 Å². The molecule has 0 atom stereocenters. The first kappa shape index (κ1) is 21.1. The van der Waals surface area contributed by atoms with Gasteiger partial charge in [-0.1, -0.05) is 0 Å². The van der Waals surface area contributed by atoms with Gasteiger partial charge in [0, 0.05) is 18.1 Å². The van der Waals surface area contributed by atoms with E-state index >= 15 is 0 Å². The van der Waals surface area contributed by atoms with Gasteiger partial charge in [0.25, 0.3) is 11.8 Å². The van der Waals surface area contributed by atoms with E-state index in [2.05, 4.69) is 38.3 Å². The van der Waals surface area contributed by atoms with Crippen LogP contribution < -0.4 is 25.8 Å². The van der Waals surface area contributed by atoms with Crippen LogP contribution in [-0.4, -0.2) is 31.6 Å². The lowest BCUT2D eigenvalue weighted by molar-refractivity contribution is -0.789. The van der Waals surface area contributed by atoms with Crippen molar-refractivity contribution in [3.63, 3.8) is 0 Å². The summed E-state index contributed by atoms with van der Waals surface area (Å²) in [6, 6.07) is 4.93. The number of quaternary nitrogens is 1. The third-order valence-electron chi connectivity index (χ3n) is 5.06. The van der Waals surface area contributed by atoms with E-state index in [0.717, 1.165) is 10.4 Å². The molecule has 8 heteroatoms. The van der Waals surface area contributed by atoms with Gasteiger partial charge in [-0.15, -0.1) is 11.3 Å². The van der Waals surface area contributed by atoms with Gasteiger partial charge in [-0.25, -0.2) is 0 Å². The van der Waals surface area contributed by atoms with Crippen molar-refractivity contribution in [3.05, 3.63) is 39.8 Å². The Bertz CT molecular complexity index is 956. The van der Waals surface area contributed by atoms with Crippen molar-refractivity contribution in [1.82, 2.24) is 0 Å². The van der Waals surface area contributed by atoms with E-state index in [4.69, 9.17) is 15.2 Å². The summed E-state index contributed by atoms with van der Waals surface area (Å²) in [7, 11) is 3.05. The Labute approximate surface area is 174 Å². The number of primary amides is 1. The number of rotatable bonds is 5. The van der Waals surface area contributed by atoms with Gasteiger partial charge in [0.15, 0.2) is 0 Å². The number of anilines is 1. The highest BCUT2D eigenvalue weighted by Crippen LogP contribution is 2.42. The highest BCUT2D eigenvalue weighted by atomic mass is 32.1. The first-order chi connectivity index (χ1) is 13.5. The minimum atomic E-state index is -0.533. The highest BCUT2D eigenvalue weighted by Gasteiger charge is 2.45. The van der Waals surface area contributed by atoms with E-state index in [9.17, 15) is 9.59 Å². The predicted molar refractivity (Wildman–Crippen MR) is 113 cm³/mol. The number of thiophene rings is 1. The Morgan fingerprint density at radius 1 is 1.10 bits per heavy atom. The van der Waals surface area contributed by atoms with Crippen LogP contribution in [-0.2, 0) is 12.0 Å². The molecule has 0 saturated heterocycles. The molecule has 2 aromatic rings. The summed E-state index contributed by atoms with van der Waals surface area (Å²) in [5, 5.41) is 5.66. The zero-order chi connectivity index (χ0) is 21.6. The summed E-state index contributed by atoms with van der Waals surface area (Å²) in [5.74, 6) is 0.124. The topological polar surface area (TPSA) is 107 Å². The van der Waals surface area contributed by atoms with E-state index in [1.54, 1.807) is 18.2 Å². The van der Waals surface area contributed by atoms with E-state index in [1.165, 1.54) is 25.6 Å². The average Bonchev–Trinajstić information content (AvgIpc) is 2.98. The number of nitrogens with two attached hydrogens (primary N) is 2. The fourth-order valence-corrected chi connectivity index (χ4v) is 5.46. The van der Waals surface area contributed by atoms with Gasteiger partial charge >= 0.3 is 0 Å². The molecule has 0 aliphatic carbocycles. The van der Waals surface area contributed by atoms with Crippen molar-refractivity contribution in [2.45, 2.75) is 45.2 Å². The van der Waals surface area contributed by atoms with Gasteiger partial charge in [0.1, 0.15) is 22.0 Å². The van der Waals surface area contributed by atoms with Crippen LogP contribution in [0.25, 0.3) is 0 Å². The number of hydrogen-bond donors (Lipinski definition) is 3. The zero-order valence-corrected chi connectivity index (χ0v) is 18.5. The minimum absolute atomic E-state index is 0.0801. The van der Waals surface area contributed by atoms with Crippen molar-refractivity contribution in [3.8, 4) is 11.5 Å². The van der Waals surface area contributed by atoms with Crippen LogP contribution in [0.2, 0.25) is 0 Å². The van der Waals surface area contributed by atoms with Gasteiger partial charge in [0.05, 0.1) is 30.2 Å². The molecular formula is C21H28N3O4S+. The average molecular weight is 419 g/mol. The second kappa shape index (κ2) is 7.35. The first-order valence-corrected chi connectivity index (χ1v) is 10.2. The number of nitrogens with one attached hydrogen (secondary N) is 1. The zero-order valence-electron chi connectivity index (χ0n) is 17.6. The number of amides is 2. The fourth-order valence-electron chi connectivity index (χ4n) is 4.17. The Hall–Kier alpha value is -2.58. The van der Waals surface area contributed by atoms with Gasteiger partial charge < -0.3 is 25.8 Å². The normalized spacial score (nSPS) is 16.6. The third kappa shape index (κ3) is 4.09. The maximum Gasteiger partial charge on any atom is 0.256 e. The van der Waals surface area contributed by atoms with Crippen molar-refractivity contribution < 1.29 is 24.4 Å². The second-order valence-electron chi connectivity index (χ2n) is 8.56. The summed E-state index contributed by atoms with van der Waals surface area (Å²) in [6.45, 7) is 8.51. The molecule has 1 aromatic heterocycles. The molecule has 0 bridgehead atoms. The fraction of sp³-hybridized carbons (Fsp3) is 0.429. The Morgan fingerprint density at radius 2 is 1.69 bits per heavy atom. The van der Waals surface area contributed by atoms with Gasteiger partial charge in [-0.05, 0) is 45.4 Å². The molecule has 0 radical (unpaired) electrons. The maximum atomic E-state index is 13.0. The predicted octanol–water partition coefficient (Wildman–Crippen LogP) is 2.25. The van der Waals surface area contributed by atoms with Gasteiger partial charge in [-0.3, -0.25) is 9.59 Å². The lowest BCUT2D eigenvalue weighted by atomic mass is 9.81. The monoisotopic (exact) mass is 418 g/mol. The Kier molecular flexibility index (Phi) is 5.36.